The summed E-state index contributed by atoms with van der Waals surface area (Å²) in [6.45, 7) is 1.71. The van der Waals surface area contributed by atoms with Crippen LogP contribution in [0.1, 0.15) is 17.8 Å². The van der Waals surface area contributed by atoms with Gasteiger partial charge in [0.1, 0.15) is 5.01 Å². The first kappa shape index (κ1) is 12.7. The molecular formula is C14H14F2N2S. The van der Waals surface area contributed by atoms with Crippen LogP contribution in [0.3, 0.4) is 0 Å². The summed E-state index contributed by atoms with van der Waals surface area (Å²) < 4.78 is 26.8. The van der Waals surface area contributed by atoms with Crippen LogP contribution >= 0.6 is 11.3 Å². The van der Waals surface area contributed by atoms with Crippen LogP contribution in [0.25, 0.3) is 11.3 Å². The van der Waals surface area contributed by atoms with E-state index < -0.39 is 11.6 Å². The summed E-state index contributed by atoms with van der Waals surface area (Å²) in [5.74, 6) is -0.843. The van der Waals surface area contributed by atoms with Crippen molar-refractivity contribution in [2.24, 2.45) is 5.92 Å². The molecule has 1 aliphatic carbocycles. The molecule has 0 radical (unpaired) electrons. The Morgan fingerprint density at radius 2 is 2.16 bits per heavy atom. The van der Waals surface area contributed by atoms with Gasteiger partial charge in [-0.25, -0.2) is 13.8 Å². The maximum absolute atomic E-state index is 13.6. The third-order valence-electron chi connectivity index (χ3n) is 3.19. The Bertz CT molecular complexity index is 579. The summed E-state index contributed by atoms with van der Waals surface area (Å²) in [5.41, 5.74) is 0.731. The van der Waals surface area contributed by atoms with E-state index >= 15 is 0 Å². The molecule has 1 aliphatic rings. The molecule has 0 spiro atoms. The number of nitrogens with one attached hydrogen (secondary N) is 1. The molecule has 1 heterocycles. The molecule has 0 amide bonds. The van der Waals surface area contributed by atoms with Crippen LogP contribution in [0.15, 0.2) is 23.6 Å². The minimum Gasteiger partial charge on any atom is -0.310 e. The number of halogens is 2. The van der Waals surface area contributed by atoms with Gasteiger partial charge in [0.25, 0.3) is 0 Å². The second-order valence-electron chi connectivity index (χ2n) is 4.80. The molecule has 0 saturated heterocycles. The maximum Gasteiger partial charge on any atom is 0.168 e. The number of hydrogen-bond acceptors (Lipinski definition) is 3. The number of thiazole rings is 1. The van der Waals surface area contributed by atoms with Crippen molar-refractivity contribution in [1.82, 2.24) is 10.3 Å². The molecule has 2 nitrogen and oxygen atoms in total. The summed E-state index contributed by atoms with van der Waals surface area (Å²) in [6.07, 6.45) is 2.62. The summed E-state index contributed by atoms with van der Waals surface area (Å²) in [7, 11) is 0. The SMILES string of the molecule is Fc1cccc(-c2csc(CNCC3CC3)n2)c1F. The highest BCUT2D eigenvalue weighted by Gasteiger charge is 2.20. The fourth-order valence-corrected chi connectivity index (χ4v) is 2.69. The van der Waals surface area contributed by atoms with E-state index in [-0.39, 0.29) is 5.56 Å². The van der Waals surface area contributed by atoms with E-state index in [2.05, 4.69) is 10.3 Å². The zero-order chi connectivity index (χ0) is 13.2. The Balaban J connectivity index is 1.70. The lowest BCUT2D eigenvalue weighted by atomic mass is 10.1. The lowest BCUT2D eigenvalue weighted by molar-refractivity contribution is 0.511. The molecule has 0 bridgehead atoms. The van der Waals surface area contributed by atoms with Crippen molar-refractivity contribution in [2.45, 2.75) is 19.4 Å². The molecule has 1 N–H and O–H groups in total. The van der Waals surface area contributed by atoms with Crippen LogP contribution in [-0.4, -0.2) is 11.5 Å². The van der Waals surface area contributed by atoms with Gasteiger partial charge >= 0.3 is 0 Å². The third-order valence-corrected chi connectivity index (χ3v) is 4.03. The van der Waals surface area contributed by atoms with Gasteiger partial charge in [-0.1, -0.05) is 6.07 Å². The second kappa shape index (κ2) is 5.35. The van der Waals surface area contributed by atoms with Crippen molar-refractivity contribution in [2.75, 3.05) is 6.54 Å². The van der Waals surface area contributed by atoms with Gasteiger partial charge < -0.3 is 5.32 Å². The van der Waals surface area contributed by atoms with Crippen LogP contribution in [-0.2, 0) is 6.54 Å². The maximum atomic E-state index is 13.6. The van der Waals surface area contributed by atoms with Gasteiger partial charge in [-0.3, -0.25) is 0 Å². The van der Waals surface area contributed by atoms with E-state index in [0.29, 0.717) is 12.2 Å². The van der Waals surface area contributed by atoms with Crippen molar-refractivity contribution in [3.05, 3.63) is 40.2 Å². The van der Waals surface area contributed by atoms with Gasteiger partial charge in [-0.05, 0) is 37.4 Å². The van der Waals surface area contributed by atoms with Gasteiger partial charge in [0, 0.05) is 17.5 Å². The first-order chi connectivity index (χ1) is 9.24. The molecule has 3 rings (SSSR count). The Labute approximate surface area is 114 Å². The fourth-order valence-electron chi connectivity index (χ4n) is 1.92. The van der Waals surface area contributed by atoms with Gasteiger partial charge in [0.2, 0.25) is 0 Å². The van der Waals surface area contributed by atoms with Crippen molar-refractivity contribution in [3.8, 4) is 11.3 Å². The quantitative estimate of drug-likeness (QED) is 0.905. The molecule has 0 aliphatic heterocycles. The van der Waals surface area contributed by atoms with E-state index in [1.807, 2.05) is 0 Å². The lowest BCUT2D eigenvalue weighted by Gasteiger charge is -2.01. The number of nitrogens with zero attached hydrogens (tertiary/aromatic N) is 1. The lowest BCUT2D eigenvalue weighted by Crippen LogP contribution is -2.15. The van der Waals surface area contributed by atoms with Gasteiger partial charge in [-0.15, -0.1) is 11.3 Å². The number of hydrogen-bond donors (Lipinski definition) is 1. The Morgan fingerprint density at radius 3 is 2.95 bits per heavy atom. The van der Waals surface area contributed by atoms with Crippen molar-refractivity contribution >= 4 is 11.3 Å². The van der Waals surface area contributed by atoms with Crippen molar-refractivity contribution in [1.29, 1.82) is 0 Å². The summed E-state index contributed by atoms with van der Waals surface area (Å²) in [5, 5.41) is 6.01. The minimum atomic E-state index is -0.834. The first-order valence-corrected chi connectivity index (χ1v) is 7.21. The minimum absolute atomic E-state index is 0.227. The predicted octanol–water partition coefficient (Wildman–Crippen LogP) is 3.59. The predicted molar refractivity (Wildman–Crippen MR) is 71.9 cm³/mol. The zero-order valence-corrected chi connectivity index (χ0v) is 11.1. The highest BCUT2D eigenvalue weighted by molar-refractivity contribution is 7.09. The topological polar surface area (TPSA) is 24.9 Å². The summed E-state index contributed by atoms with van der Waals surface area (Å²) in [4.78, 5) is 4.35. The standard InChI is InChI=1S/C14H14F2N2S/c15-11-3-1-2-10(14(11)16)12-8-19-13(18-12)7-17-6-9-4-5-9/h1-3,8-9,17H,4-7H2. The third kappa shape index (κ3) is 2.98. The summed E-state index contributed by atoms with van der Waals surface area (Å²) in [6, 6.07) is 4.16. The summed E-state index contributed by atoms with van der Waals surface area (Å²) >= 11 is 1.47. The van der Waals surface area contributed by atoms with Crippen LogP contribution in [0.5, 0.6) is 0 Å². The normalized spacial score (nSPS) is 14.8. The number of rotatable bonds is 5. The molecule has 1 aromatic carbocycles. The molecule has 5 heteroatoms. The molecule has 0 unspecified atom stereocenters. The zero-order valence-electron chi connectivity index (χ0n) is 10.3. The van der Waals surface area contributed by atoms with Crippen LogP contribution in [0.4, 0.5) is 8.78 Å². The van der Waals surface area contributed by atoms with Crippen LogP contribution in [0, 0.1) is 17.6 Å². The smallest absolute Gasteiger partial charge is 0.168 e. The number of benzene rings is 1. The van der Waals surface area contributed by atoms with Crippen LogP contribution < -0.4 is 5.32 Å². The van der Waals surface area contributed by atoms with Gasteiger partial charge in [0.15, 0.2) is 11.6 Å². The first-order valence-electron chi connectivity index (χ1n) is 6.33. The molecule has 1 saturated carbocycles. The molecule has 0 atom stereocenters. The largest absolute Gasteiger partial charge is 0.310 e. The van der Waals surface area contributed by atoms with Crippen molar-refractivity contribution in [3.63, 3.8) is 0 Å². The van der Waals surface area contributed by atoms with E-state index in [4.69, 9.17) is 0 Å². The highest BCUT2D eigenvalue weighted by Crippen LogP contribution is 2.28. The van der Waals surface area contributed by atoms with E-state index in [1.165, 1.54) is 30.2 Å². The average molecular weight is 280 g/mol. The average Bonchev–Trinajstić information content (AvgIpc) is 3.10. The van der Waals surface area contributed by atoms with E-state index in [0.717, 1.165) is 23.5 Å². The Hall–Kier alpha value is -1.33. The fraction of sp³-hybridized carbons (Fsp3) is 0.357. The molecule has 1 aromatic heterocycles. The van der Waals surface area contributed by atoms with E-state index in [1.54, 1.807) is 11.4 Å². The van der Waals surface area contributed by atoms with Crippen molar-refractivity contribution < 1.29 is 8.78 Å². The van der Waals surface area contributed by atoms with Crippen LogP contribution in [0.2, 0.25) is 0 Å². The Kier molecular flexibility index (Phi) is 3.57. The molecule has 100 valence electrons. The monoisotopic (exact) mass is 280 g/mol. The van der Waals surface area contributed by atoms with Gasteiger partial charge in [-0.2, -0.15) is 0 Å². The molecule has 1 fully saturated rings. The Morgan fingerprint density at radius 1 is 1.32 bits per heavy atom. The molecule has 2 aromatic rings. The van der Waals surface area contributed by atoms with E-state index in [9.17, 15) is 8.78 Å². The number of aromatic nitrogens is 1. The second-order valence-corrected chi connectivity index (χ2v) is 5.74. The van der Waals surface area contributed by atoms with Gasteiger partial charge in [0.05, 0.1) is 5.69 Å². The molecule has 19 heavy (non-hydrogen) atoms. The molecular weight excluding hydrogens is 266 g/mol. The highest BCUT2D eigenvalue weighted by atomic mass is 32.1.